The van der Waals surface area contributed by atoms with E-state index < -0.39 is 0 Å². The van der Waals surface area contributed by atoms with Crippen LogP contribution in [0, 0.1) is 0 Å². The average molecular weight is 368 g/mol. The molecule has 1 amide bonds. The van der Waals surface area contributed by atoms with Gasteiger partial charge in [0.25, 0.3) is 5.91 Å². The smallest absolute Gasteiger partial charge is 0.277 e. The fourth-order valence-corrected chi connectivity index (χ4v) is 3.04. The highest BCUT2D eigenvalue weighted by Crippen LogP contribution is 2.26. The molecule has 0 heterocycles. The monoisotopic (exact) mass is 368 g/mol. The lowest BCUT2D eigenvalue weighted by Crippen LogP contribution is -2.24. The molecule has 2 aromatic carbocycles. The Morgan fingerprint density at radius 2 is 1.96 bits per heavy atom. The molecule has 0 aromatic heterocycles. The second-order valence-electron chi connectivity index (χ2n) is 6.38. The molecule has 0 atom stereocenters. The minimum absolute atomic E-state index is 0.0662. The van der Waals surface area contributed by atoms with Gasteiger partial charge in [0.05, 0.1) is 12.8 Å². The maximum absolute atomic E-state index is 11.9. The van der Waals surface area contributed by atoms with Crippen LogP contribution in [0.1, 0.15) is 36.5 Å². The Hall–Kier alpha value is -3.02. The van der Waals surface area contributed by atoms with Crippen LogP contribution in [0.15, 0.2) is 41.5 Å². The number of carbonyl (C=O) groups is 1. The number of ether oxygens (including phenoxy) is 2. The van der Waals surface area contributed by atoms with E-state index >= 15 is 0 Å². The van der Waals surface area contributed by atoms with Gasteiger partial charge in [-0.3, -0.25) is 4.79 Å². The van der Waals surface area contributed by atoms with Crippen molar-refractivity contribution in [2.45, 2.75) is 32.6 Å². The highest BCUT2D eigenvalue weighted by Gasteiger charge is 2.10. The summed E-state index contributed by atoms with van der Waals surface area (Å²) < 4.78 is 10.9. The summed E-state index contributed by atoms with van der Waals surface area (Å²) in [5.74, 6) is 0.808. The van der Waals surface area contributed by atoms with Gasteiger partial charge in [-0.25, -0.2) is 5.43 Å². The molecule has 0 unspecified atom stereocenters. The molecule has 2 N–H and O–H groups in total. The van der Waals surface area contributed by atoms with E-state index in [4.69, 9.17) is 9.47 Å². The van der Waals surface area contributed by atoms with Crippen LogP contribution in [0.3, 0.4) is 0 Å². The first-order chi connectivity index (χ1) is 13.2. The largest absolute Gasteiger partial charge is 0.504 e. The second-order valence-corrected chi connectivity index (χ2v) is 6.38. The van der Waals surface area contributed by atoms with Crippen molar-refractivity contribution in [2.24, 2.45) is 5.10 Å². The SMILES string of the molecule is CCOc1cc(C=NNC(=O)COc2ccc3c(c2)CCCC3)ccc1O. The minimum Gasteiger partial charge on any atom is -0.504 e. The van der Waals surface area contributed by atoms with Crippen molar-refractivity contribution in [3.63, 3.8) is 0 Å². The summed E-state index contributed by atoms with van der Waals surface area (Å²) in [5.41, 5.74) is 5.83. The van der Waals surface area contributed by atoms with E-state index in [1.807, 2.05) is 19.1 Å². The first kappa shape index (κ1) is 18.8. The third kappa shape index (κ3) is 5.23. The Balaban J connectivity index is 1.49. The maximum atomic E-state index is 11.9. The first-order valence-corrected chi connectivity index (χ1v) is 9.18. The summed E-state index contributed by atoms with van der Waals surface area (Å²) in [6.45, 7) is 2.18. The van der Waals surface area contributed by atoms with Crippen LogP contribution in [0.25, 0.3) is 0 Å². The Morgan fingerprint density at radius 3 is 2.78 bits per heavy atom. The molecule has 0 saturated heterocycles. The number of aromatic hydroxyl groups is 1. The molecule has 0 saturated carbocycles. The molecule has 3 rings (SSSR count). The molecule has 6 nitrogen and oxygen atoms in total. The van der Waals surface area contributed by atoms with Gasteiger partial charge in [0, 0.05) is 0 Å². The van der Waals surface area contributed by atoms with E-state index in [9.17, 15) is 9.90 Å². The van der Waals surface area contributed by atoms with Crippen LogP contribution in [-0.4, -0.2) is 30.4 Å². The zero-order valence-electron chi connectivity index (χ0n) is 15.4. The fourth-order valence-electron chi connectivity index (χ4n) is 3.04. The van der Waals surface area contributed by atoms with Crippen molar-refractivity contribution in [2.75, 3.05) is 13.2 Å². The van der Waals surface area contributed by atoms with Gasteiger partial charge < -0.3 is 14.6 Å². The summed E-state index contributed by atoms with van der Waals surface area (Å²) in [7, 11) is 0. The second kappa shape index (κ2) is 9.07. The average Bonchev–Trinajstić information content (AvgIpc) is 2.69. The van der Waals surface area contributed by atoms with Gasteiger partial charge in [-0.05, 0) is 79.6 Å². The number of amides is 1. The van der Waals surface area contributed by atoms with Gasteiger partial charge in [0.2, 0.25) is 0 Å². The van der Waals surface area contributed by atoms with E-state index in [1.165, 1.54) is 36.2 Å². The van der Waals surface area contributed by atoms with Crippen LogP contribution in [-0.2, 0) is 17.6 Å². The van der Waals surface area contributed by atoms with Crippen LogP contribution >= 0.6 is 0 Å². The van der Waals surface area contributed by atoms with E-state index in [-0.39, 0.29) is 18.3 Å². The number of nitrogens with zero attached hydrogens (tertiary/aromatic N) is 1. The van der Waals surface area contributed by atoms with Crippen LogP contribution in [0.2, 0.25) is 0 Å². The summed E-state index contributed by atoms with van der Waals surface area (Å²) in [4.78, 5) is 11.9. The number of rotatable bonds is 7. The number of benzene rings is 2. The Morgan fingerprint density at radius 1 is 1.15 bits per heavy atom. The lowest BCUT2D eigenvalue weighted by Gasteiger charge is -2.16. The third-order valence-corrected chi connectivity index (χ3v) is 4.38. The van der Waals surface area contributed by atoms with Crippen LogP contribution in [0.4, 0.5) is 0 Å². The number of carbonyl (C=O) groups excluding carboxylic acids is 1. The predicted molar refractivity (Wildman–Crippen MR) is 104 cm³/mol. The molecular formula is C21H24N2O4. The Kier molecular flexibility index (Phi) is 6.30. The van der Waals surface area contributed by atoms with Gasteiger partial charge in [-0.2, -0.15) is 5.10 Å². The van der Waals surface area contributed by atoms with Crippen molar-refractivity contribution in [1.82, 2.24) is 5.43 Å². The zero-order valence-corrected chi connectivity index (χ0v) is 15.4. The molecule has 0 aliphatic heterocycles. The number of hydrogen-bond acceptors (Lipinski definition) is 5. The Labute approximate surface area is 158 Å². The summed E-state index contributed by atoms with van der Waals surface area (Å²) in [6, 6.07) is 10.9. The fraction of sp³-hybridized carbons (Fsp3) is 0.333. The number of nitrogens with one attached hydrogen (secondary N) is 1. The van der Waals surface area contributed by atoms with E-state index in [1.54, 1.807) is 12.1 Å². The number of hydrazone groups is 1. The first-order valence-electron chi connectivity index (χ1n) is 9.18. The number of aryl methyl sites for hydroxylation is 2. The Bertz CT molecular complexity index is 833. The number of hydrogen-bond donors (Lipinski definition) is 2. The molecule has 6 heteroatoms. The molecule has 2 aromatic rings. The molecule has 0 bridgehead atoms. The van der Waals surface area contributed by atoms with Gasteiger partial charge in [0.15, 0.2) is 18.1 Å². The van der Waals surface area contributed by atoms with Crippen molar-refractivity contribution in [1.29, 1.82) is 0 Å². The molecule has 0 spiro atoms. The molecule has 0 fully saturated rings. The summed E-state index contributed by atoms with van der Waals surface area (Å²) in [5, 5.41) is 13.6. The maximum Gasteiger partial charge on any atom is 0.277 e. The molecule has 27 heavy (non-hydrogen) atoms. The normalized spacial score (nSPS) is 13.2. The van der Waals surface area contributed by atoms with Crippen LogP contribution < -0.4 is 14.9 Å². The molecular weight excluding hydrogens is 344 g/mol. The van der Waals surface area contributed by atoms with E-state index in [2.05, 4.69) is 16.6 Å². The number of phenolic OH excluding ortho intramolecular Hbond substituents is 1. The zero-order chi connectivity index (χ0) is 19.1. The molecule has 1 aliphatic carbocycles. The van der Waals surface area contributed by atoms with Crippen molar-refractivity contribution in [3.8, 4) is 17.2 Å². The predicted octanol–water partition coefficient (Wildman–Crippen LogP) is 3.20. The minimum atomic E-state index is -0.340. The highest BCUT2D eigenvalue weighted by atomic mass is 16.5. The van der Waals surface area contributed by atoms with E-state index in [0.29, 0.717) is 23.7 Å². The lowest BCUT2D eigenvalue weighted by molar-refractivity contribution is -0.123. The van der Waals surface area contributed by atoms with E-state index in [0.717, 1.165) is 12.8 Å². The van der Waals surface area contributed by atoms with Crippen LogP contribution in [0.5, 0.6) is 17.2 Å². The van der Waals surface area contributed by atoms with Gasteiger partial charge in [-0.15, -0.1) is 0 Å². The summed E-state index contributed by atoms with van der Waals surface area (Å²) in [6.07, 6.45) is 6.11. The number of phenols is 1. The van der Waals surface area contributed by atoms with Crippen molar-refractivity contribution in [3.05, 3.63) is 53.1 Å². The number of fused-ring (bicyclic) bond motifs is 1. The lowest BCUT2D eigenvalue weighted by atomic mass is 9.92. The molecule has 0 radical (unpaired) electrons. The highest BCUT2D eigenvalue weighted by molar-refractivity contribution is 5.83. The van der Waals surface area contributed by atoms with Gasteiger partial charge in [0.1, 0.15) is 5.75 Å². The quantitative estimate of drug-likeness (QED) is 0.581. The molecule has 1 aliphatic rings. The van der Waals surface area contributed by atoms with Crippen molar-refractivity contribution >= 4 is 12.1 Å². The molecule has 142 valence electrons. The standard InChI is InChI=1S/C21H24N2O4/c1-2-26-20-11-15(7-10-19(20)24)13-22-23-21(25)14-27-18-9-8-16-5-3-4-6-17(16)12-18/h7-13,24H,2-6,14H2,1H3,(H,23,25). The van der Waals surface area contributed by atoms with Gasteiger partial charge in [-0.1, -0.05) is 6.07 Å². The third-order valence-electron chi connectivity index (χ3n) is 4.38. The van der Waals surface area contributed by atoms with Crippen molar-refractivity contribution < 1.29 is 19.4 Å². The summed E-state index contributed by atoms with van der Waals surface area (Å²) >= 11 is 0. The van der Waals surface area contributed by atoms with Gasteiger partial charge >= 0.3 is 0 Å². The topological polar surface area (TPSA) is 80.2 Å².